The lowest BCUT2D eigenvalue weighted by Crippen LogP contribution is -2.32. The van der Waals surface area contributed by atoms with Gasteiger partial charge in [0.1, 0.15) is 23.0 Å². The van der Waals surface area contributed by atoms with Gasteiger partial charge in [0.2, 0.25) is 0 Å². The fourth-order valence-corrected chi connectivity index (χ4v) is 5.31. The maximum absolute atomic E-state index is 12.8. The Labute approximate surface area is 222 Å². The lowest BCUT2D eigenvalue weighted by molar-refractivity contribution is -0.137. The van der Waals surface area contributed by atoms with Gasteiger partial charge in [-0.25, -0.2) is 4.79 Å². The van der Waals surface area contributed by atoms with Crippen LogP contribution in [-0.4, -0.2) is 24.6 Å². The number of hydrogen-bond donors (Lipinski definition) is 1. The Morgan fingerprint density at radius 2 is 1.76 bits per heavy atom. The first-order valence-corrected chi connectivity index (χ1v) is 13.1. The minimum absolute atomic E-state index is 0.0921. The number of ether oxygens (including phenoxy) is 3. The van der Waals surface area contributed by atoms with E-state index in [0.717, 1.165) is 38.4 Å². The topological polar surface area (TPSA) is 73.9 Å². The molecule has 0 radical (unpaired) electrons. The summed E-state index contributed by atoms with van der Waals surface area (Å²) in [6.07, 6.45) is 2.18. The van der Waals surface area contributed by atoms with E-state index in [0.29, 0.717) is 16.4 Å². The fourth-order valence-electron chi connectivity index (χ4n) is 4.55. The van der Waals surface area contributed by atoms with Gasteiger partial charge in [0.15, 0.2) is 0 Å². The van der Waals surface area contributed by atoms with E-state index in [2.05, 4.69) is 32.2 Å². The molecule has 0 spiro atoms. The van der Waals surface area contributed by atoms with Crippen molar-refractivity contribution in [1.29, 1.82) is 0 Å². The van der Waals surface area contributed by atoms with E-state index in [4.69, 9.17) is 14.2 Å². The molecule has 0 saturated heterocycles. The van der Waals surface area contributed by atoms with Crippen molar-refractivity contribution in [2.24, 2.45) is 5.92 Å². The second-order valence-electron chi connectivity index (χ2n) is 10.1. The molecule has 1 N–H and O–H groups in total. The van der Waals surface area contributed by atoms with Gasteiger partial charge in [-0.1, -0.05) is 26.0 Å². The van der Waals surface area contributed by atoms with Crippen LogP contribution in [0.15, 0.2) is 48.5 Å². The average molecular weight is 520 g/mol. The van der Waals surface area contributed by atoms with Gasteiger partial charge in [-0.3, -0.25) is 4.79 Å². The predicted molar refractivity (Wildman–Crippen MR) is 148 cm³/mol. The Balaban J connectivity index is 1.78. The second kappa shape index (κ2) is 10.4. The number of allylic oxidation sites excluding steroid dienone is 1. The van der Waals surface area contributed by atoms with Crippen LogP contribution in [0.1, 0.15) is 60.3 Å². The molecule has 0 amide bonds. The number of rotatable bonds is 7. The summed E-state index contributed by atoms with van der Waals surface area (Å²) in [6.45, 7) is 11.9. The van der Waals surface area contributed by atoms with Crippen molar-refractivity contribution >= 4 is 34.5 Å². The highest BCUT2D eigenvalue weighted by Gasteiger charge is 2.27. The van der Waals surface area contributed by atoms with Crippen LogP contribution in [-0.2, 0) is 16.1 Å². The zero-order valence-electron chi connectivity index (χ0n) is 22.4. The minimum Gasteiger partial charge on any atom is -0.496 e. The number of esters is 2. The first-order valence-electron chi connectivity index (χ1n) is 12.3. The third kappa shape index (κ3) is 5.72. The van der Waals surface area contributed by atoms with E-state index in [9.17, 15) is 9.59 Å². The Kier molecular flexibility index (Phi) is 7.46. The number of carbonyl (C=O) groups excluding carboxylic acids is 2. The highest BCUT2D eigenvalue weighted by atomic mass is 32.1. The van der Waals surface area contributed by atoms with Crippen molar-refractivity contribution in [3.05, 3.63) is 69.4 Å². The molecule has 1 aliphatic heterocycles. The van der Waals surface area contributed by atoms with E-state index in [1.165, 1.54) is 11.3 Å². The smallest absolute Gasteiger partial charge is 0.348 e. The highest BCUT2D eigenvalue weighted by molar-refractivity contribution is 7.13. The maximum Gasteiger partial charge on any atom is 0.348 e. The number of anilines is 1. The van der Waals surface area contributed by atoms with Gasteiger partial charge in [-0.05, 0) is 69.2 Å². The number of benzene rings is 2. The monoisotopic (exact) mass is 519 g/mol. The average Bonchev–Trinajstić information content (AvgIpc) is 3.27. The summed E-state index contributed by atoms with van der Waals surface area (Å²) in [5, 5.41) is 3.57. The minimum atomic E-state index is -0.352. The molecule has 0 saturated carbocycles. The summed E-state index contributed by atoms with van der Waals surface area (Å²) in [4.78, 5) is 26.6. The van der Waals surface area contributed by atoms with Crippen molar-refractivity contribution in [2.75, 3.05) is 12.4 Å². The van der Waals surface area contributed by atoms with Crippen LogP contribution in [0.5, 0.6) is 11.5 Å². The SMILES string of the molecule is COc1cc(OC(=O)C(C)C)ccc1-c1ccc2c(c1COC(=O)c1ccc(C)s1)C(C)=CC(C)(C)N2. The molecule has 4 rings (SSSR count). The number of nitrogens with one attached hydrogen (secondary N) is 1. The molecule has 2 heterocycles. The molecule has 0 fully saturated rings. The molecule has 0 atom stereocenters. The molecule has 37 heavy (non-hydrogen) atoms. The number of fused-ring (bicyclic) bond motifs is 1. The van der Waals surface area contributed by atoms with Gasteiger partial charge in [-0.15, -0.1) is 11.3 Å². The summed E-state index contributed by atoms with van der Waals surface area (Å²) in [5.74, 6) is 0.0648. The van der Waals surface area contributed by atoms with Gasteiger partial charge < -0.3 is 19.5 Å². The van der Waals surface area contributed by atoms with Crippen LogP contribution in [0.2, 0.25) is 0 Å². The first-order chi connectivity index (χ1) is 17.5. The highest BCUT2D eigenvalue weighted by Crippen LogP contribution is 2.43. The zero-order valence-corrected chi connectivity index (χ0v) is 23.2. The van der Waals surface area contributed by atoms with E-state index >= 15 is 0 Å². The number of hydrogen-bond acceptors (Lipinski definition) is 7. The van der Waals surface area contributed by atoms with Gasteiger partial charge in [-0.2, -0.15) is 0 Å². The molecule has 1 aromatic heterocycles. The van der Waals surface area contributed by atoms with E-state index in [-0.39, 0.29) is 30.0 Å². The summed E-state index contributed by atoms with van der Waals surface area (Å²) in [7, 11) is 1.58. The van der Waals surface area contributed by atoms with Crippen LogP contribution in [0.4, 0.5) is 5.69 Å². The van der Waals surface area contributed by atoms with Crippen LogP contribution < -0.4 is 14.8 Å². The van der Waals surface area contributed by atoms with Gasteiger partial charge >= 0.3 is 11.9 Å². The van der Waals surface area contributed by atoms with Crippen molar-refractivity contribution < 1.29 is 23.8 Å². The van der Waals surface area contributed by atoms with Crippen LogP contribution in [0.25, 0.3) is 16.7 Å². The third-order valence-electron chi connectivity index (χ3n) is 6.18. The molecular formula is C30H33NO5S. The molecule has 2 aromatic carbocycles. The Morgan fingerprint density at radius 1 is 1.03 bits per heavy atom. The molecule has 194 valence electrons. The van der Waals surface area contributed by atoms with Gasteiger partial charge in [0.05, 0.1) is 18.6 Å². The molecule has 7 heteroatoms. The fraction of sp³-hybridized carbons (Fsp3) is 0.333. The summed E-state index contributed by atoms with van der Waals surface area (Å²) in [6, 6.07) is 13.1. The number of methoxy groups -OCH3 is 1. The van der Waals surface area contributed by atoms with Crippen LogP contribution in [0, 0.1) is 12.8 Å². The van der Waals surface area contributed by atoms with Crippen molar-refractivity contribution in [3.63, 3.8) is 0 Å². The quantitative estimate of drug-likeness (QED) is 0.262. The second-order valence-corrected chi connectivity index (χ2v) is 11.4. The molecule has 6 nitrogen and oxygen atoms in total. The van der Waals surface area contributed by atoms with Gasteiger partial charge in [0.25, 0.3) is 0 Å². The summed E-state index contributed by atoms with van der Waals surface area (Å²) < 4.78 is 17.0. The number of aryl methyl sites for hydroxylation is 1. The lowest BCUT2D eigenvalue weighted by atomic mass is 9.85. The summed E-state index contributed by atoms with van der Waals surface area (Å²) >= 11 is 1.42. The third-order valence-corrected chi connectivity index (χ3v) is 7.16. The molecule has 0 unspecified atom stereocenters. The van der Waals surface area contributed by atoms with Crippen LogP contribution in [0.3, 0.4) is 0 Å². The van der Waals surface area contributed by atoms with E-state index in [1.54, 1.807) is 39.2 Å². The van der Waals surface area contributed by atoms with Crippen molar-refractivity contribution in [3.8, 4) is 22.6 Å². The molecular weight excluding hydrogens is 486 g/mol. The van der Waals surface area contributed by atoms with Gasteiger partial charge in [0, 0.05) is 33.3 Å². The molecule has 1 aliphatic rings. The van der Waals surface area contributed by atoms with E-state index in [1.807, 2.05) is 31.2 Å². The Bertz CT molecular complexity index is 1380. The largest absolute Gasteiger partial charge is 0.496 e. The number of carbonyl (C=O) groups is 2. The van der Waals surface area contributed by atoms with E-state index < -0.39 is 0 Å². The first kappa shape index (κ1) is 26.5. The maximum atomic E-state index is 12.8. The Morgan fingerprint density at radius 3 is 2.41 bits per heavy atom. The predicted octanol–water partition coefficient (Wildman–Crippen LogP) is 7.26. The lowest BCUT2D eigenvalue weighted by Gasteiger charge is -2.33. The van der Waals surface area contributed by atoms with Crippen LogP contribution >= 0.6 is 11.3 Å². The standard InChI is InChI=1S/C30H33NO5S/c1-17(2)28(32)36-20-9-10-22(25(14-20)34-7)21-11-12-24-27(18(3)15-30(5,6)31-24)23(21)16-35-29(33)26-13-8-19(4)37-26/h8-15,17,31H,16H2,1-7H3. The van der Waals surface area contributed by atoms with Crippen molar-refractivity contribution in [1.82, 2.24) is 0 Å². The molecule has 0 aliphatic carbocycles. The zero-order chi connectivity index (χ0) is 26.9. The molecule has 3 aromatic rings. The van der Waals surface area contributed by atoms with Crippen molar-refractivity contribution in [2.45, 2.75) is 53.7 Å². The normalized spacial score (nSPS) is 13.9. The molecule has 0 bridgehead atoms. The summed E-state index contributed by atoms with van der Waals surface area (Å²) in [5.41, 5.74) is 5.44. The Hall–Kier alpha value is -3.58. The number of thiophene rings is 1.